The fraction of sp³-hybridized carbons (Fsp3) is 0.222. The zero-order valence-electron chi connectivity index (χ0n) is 14.9. The van der Waals surface area contributed by atoms with E-state index in [1.807, 2.05) is 0 Å². The number of hydrogen-bond donors (Lipinski definition) is 2. The van der Waals surface area contributed by atoms with E-state index >= 15 is 0 Å². The molecule has 3 rings (SSSR count). The lowest BCUT2D eigenvalue weighted by molar-refractivity contribution is -0.121. The van der Waals surface area contributed by atoms with E-state index < -0.39 is 10.0 Å². The molecule has 0 aliphatic heterocycles. The van der Waals surface area contributed by atoms with Gasteiger partial charge < -0.3 is 9.84 Å². The Morgan fingerprint density at radius 3 is 2.43 bits per heavy atom. The fourth-order valence-corrected chi connectivity index (χ4v) is 3.13. The number of aromatic nitrogens is 3. The number of amides is 1. The molecule has 0 radical (unpaired) electrons. The first-order valence-electron chi connectivity index (χ1n) is 8.47. The zero-order chi connectivity index (χ0) is 20.0. The van der Waals surface area contributed by atoms with Crippen LogP contribution in [-0.4, -0.2) is 29.4 Å². The summed E-state index contributed by atoms with van der Waals surface area (Å²) in [6, 6.07) is 10.4. The van der Waals surface area contributed by atoms with Gasteiger partial charge >= 0.3 is 0 Å². The number of benzene rings is 1. The number of nitrogens with zero attached hydrogens (tertiary/aromatic N) is 3. The molecular weight excluding hydrogens is 382 g/mol. The van der Waals surface area contributed by atoms with Crippen LogP contribution in [0.25, 0.3) is 11.4 Å². The Labute approximate surface area is 162 Å². The molecule has 2 heterocycles. The van der Waals surface area contributed by atoms with Crippen LogP contribution in [0.1, 0.15) is 23.4 Å². The topological polar surface area (TPSA) is 141 Å². The maximum atomic E-state index is 12.0. The minimum absolute atomic E-state index is 0.155. The Morgan fingerprint density at radius 1 is 1.07 bits per heavy atom. The predicted molar refractivity (Wildman–Crippen MR) is 101 cm³/mol. The molecule has 1 amide bonds. The van der Waals surface area contributed by atoms with Gasteiger partial charge in [-0.3, -0.25) is 9.78 Å². The van der Waals surface area contributed by atoms with Crippen molar-refractivity contribution in [2.24, 2.45) is 5.14 Å². The normalized spacial score (nSPS) is 11.3. The van der Waals surface area contributed by atoms with E-state index in [1.54, 1.807) is 48.8 Å². The molecule has 0 aliphatic carbocycles. The Kier molecular flexibility index (Phi) is 6.12. The largest absolute Gasteiger partial charge is 0.352 e. The molecule has 0 aliphatic rings. The first-order valence-corrected chi connectivity index (χ1v) is 10.2. The van der Waals surface area contributed by atoms with Gasteiger partial charge in [-0.15, -0.1) is 0 Å². The molecule has 9 nitrogen and oxygen atoms in total. The van der Waals surface area contributed by atoms with Gasteiger partial charge in [-0.05, 0) is 23.3 Å². The van der Waals surface area contributed by atoms with Crippen molar-refractivity contribution in [2.75, 3.05) is 0 Å². The lowest BCUT2D eigenvalue weighted by Gasteiger charge is -2.06. The molecule has 0 atom stereocenters. The summed E-state index contributed by atoms with van der Waals surface area (Å²) in [5.74, 6) is 0.467. The summed E-state index contributed by atoms with van der Waals surface area (Å²) in [6.45, 7) is 0.334. The summed E-state index contributed by atoms with van der Waals surface area (Å²) in [6.07, 6.45) is 3.82. The van der Waals surface area contributed by atoms with Gasteiger partial charge in [0, 0.05) is 37.3 Å². The van der Waals surface area contributed by atoms with E-state index in [1.165, 1.54) is 0 Å². The number of nitrogens with two attached hydrogens (primary N) is 1. The number of hydrogen-bond acceptors (Lipinski definition) is 7. The monoisotopic (exact) mass is 401 g/mol. The standard InChI is InChI=1S/C18H19N5O4S/c19-28(25,26)12-14-3-1-13(2-4-14)11-21-16(24)5-6-17-22-18(23-27-17)15-7-9-20-10-8-15/h1-4,7-10H,5-6,11-12H2,(H,21,24)(H2,19,25,26). The molecule has 0 spiro atoms. The second-order valence-corrected chi connectivity index (χ2v) is 7.76. The van der Waals surface area contributed by atoms with E-state index in [4.69, 9.17) is 9.66 Å². The number of carbonyl (C=O) groups is 1. The van der Waals surface area contributed by atoms with Crippen LogP contribution in [0, 0.1) is 0 Å². The van der Waals surface area contributed by atoms with Crippen molar-refractivity contribution in [3.05, 3.63) is 65.8 Å². The Hall–Kier alpha value is -3.11. The molecular formula is C18H19N5O4S. The van der Waals surface area contributed by atoms with Crippen LogP contribution in [0.4, 0.5) is 0 Å². The third-order valence-corrected chi connectivity index (χ3v) is 4.59. The van der Waals surface area contributed by atoms with E-state index in [9.17, 15) is 13.2 Å². The molecule has 1 aromatic carbocycles. The molecule has 0 fully saturated rings. The van der Waals surface area contributed by atoms with Crippen LogP contribution in [0.5, 0.6) is 0 Å². The molecule has 3 N–H and O–H groups in total. The lowest BCUT2D eigenvalue weighted by Crippen LogP contribution is -2.23. The molecule has 3 aromatic rings. The van der Waals surface area contributed by atoms with Gasteiger partial charge in [0.1, 0.15) is 0 Å². The average molecular weight is 401 g/mol. The Bertz CT molecular complexity index is 1030. The second kappa shape index (κ2) is 8.72. The first kappa shape index (κ1) is 19.6. The van der Waals surface area contributed by atoms with Crippen molar-refractivity contribution < 1.29 is 17.7 Å². The van der Waals surface area contributed by atoms with Crippen LogP contribution in [0.3, 0.4) is 0 Å². The summed E-state index contributed by atoms with van der Waals surface area (Å²) in [4.78, 5) is 20.2. The van der Waals surface area contributed by atoms with Crippen molar-refractivity contribution >= 4 is 15.9 Å². The minimum atomic E-state index is -3.56. The number of carbonyl (C=O) groups excluding carboxylic acids is 1. The van der Waals surface area contributed by atoms with Crippen LogP contribution < -0.4 is 10.5 Å². The lowest BCUT2D eigenvalue weighted by atomic mass is 10.1. The average Bonchev–Trinajstić information content (AvgIpc) is 3.14. The summed E-state index contributed by atoms with van der Waals surface area (Å²) in [7, 11) is -3.56. The van der Waals surface area contributed by atoms with Gasteiger partial charge in [0.15, 0.2) is 0 Å². The highest BCUT2D eigenvalue weighted by Gasteiger charge is 2.11. The van der Waals surface area contributed by atoms with Gasteiger partial charge in [-0.25, -0.2) is 13.6 Å². The van der Waals surface area contributed by atoms with Crippen molar-refractivity contribution in [1.82, 2.24) is 20.4 Å². The maximum absolute atomic E-state index is 12.0. The number of nitrogens with one attached hydrogen (secondary N) is 1. The Morgan fingerprint density at radius 2 is 1.75 bits per heavy atom. The number of aryl methyl sites for hydroxylation is 1. The molecule has 0 saturated carbocycles. The minimum Gasteiger partial charge on any atom is -0.352 e. The van der Waals surface area contributed by atoms with E-state index in [2.05, 4.69) is 20.4 Å². The van der Waals surface area contributed by atoms with Gasteiger partial charge in [0.05, 0.1) is 5.75 Å². The van der Waals surface area contributed by atoms with Crippen LogP contribution in [0.2, 0.25) is 0 Å². The SMILES string of the molecule is NS(=O)(=O)Cc1ccc(CNC(=O)CCc2nc(-c3ccncc3)no2)cc1. The Balaban J connectivity index is 1.45. The maximum Gasteiger partial charge on any atom is 0.227 e. The van der Waals surface area contributed by atoms with Crippen molar-refractivity contribution in [2.45, 2.75) is 25.1 Å². The quantitative estimate of drug-likeness (QED) is 0.577. The van der Waals surface area contributed by atoms with Gasteiger partial charge in [0.2, 0.25) is 27.6 Å². The van der Waals surface area contributed by atoms with E-state index in [-0.39, 0.29) is 18.1 Å². The highest BCUT2D eigenvalue weighted by Crippen LogP contribution is 2.14. The predicted octanol–water partition coefficient (Wildman–Crippen LogP) is 1.17. The second-order valence-electron chi connectivity index (χ2n) is 6.15. The molecule has 2 aromatic heterocycles. The third-order valence-electron chi connectivity index (χ3n) is 3.85. The van der Waals surface area contributed by atoms with Gasteiger partial charge in [-0.2, -0.15) is 4.98 Å². The smallest absolute Gasteiger partial charge is 0.227 e. The number of rotatable bonds is 8. The first-order chi connectivity index (χ1) is 13.4. The van der Waals surface area contributed by atoms with Crippen molar-refractivity contribution in [1.29, 1.82) is 0 Å². The summed E-state index contributed by atoms with van der Waals surface area (Å²) in [5.41, 5.74) is 2.24. The summed E-state index contributed by atoms with van der Waals surface area (Å²) in [5, 5.41) is 11.7. The fourth-order valence-electron chi connectivity index (χ4n) is 2.47. The van der Waals surface area contributed by atoms with Gasteiger partial charge in [0.25, 0.3) is 0 Å². The summed E-state index contributed by atoms with van der Waals surface area (Å²) < 4.78 is 27.3. The van der Waals surface area contributed by atoms with Crippen LogP contribution >= 0.6 is 0 Å². The molecule has 28 heavy (non-hydrogen) atoms. The highest BCUT2D eigenvalue weighted by atomic mass is 32.2. The molecule has 0 bridgehead atoms. The molecule has 10 heteroatoms. The number of pyridine rings is 1. The number of sulfonamides is 1. The van der Waals surface area contributed by atoms with E-state index in [0.717, 1.165) is 11.1 Å². The van der Waals surface area contributed by atoms with E-state index in [0.29, 0.717) is 30.2 Å². The zero-order valence-corrected chi connectivity index (χ0v) is 15.7. The van der Waals surface area contributed by atoms with Gasteiger partial charge in [-0.1, -0.05) is 29.4 Å². The van der Waals surface area contributed by atoms with Crippen LogP contribution in [-0.2, 0) is 33.5 Å². The van der Waals surface area contributed by atoms with Crippen molar-refractivity contribution in [3.63, 3.8) is 0 Å². The third kappa shape index (κ3) is 5.96. The molecule has 0 saturated heterocycles. The van der Waals surface area contributed by atoms with Crippen LogP contribution in [0.15, 0.2) is 53.3 Å². The highest BCUT2D eigenvalue weighted by molar-refractivity contribution is 7.88. The van der Waals surface area contributed by atoms with Crippen molar-refractivity contribution in [3.8, 4) is 11.4 Å². The number of primary sulfonamides is 1. The molecule has 146 valence electrons. The molecule has 0 unspecified atom stereocenters. The summed E-state index contributed by atoms with van der Waals surface area (Å²) >= 11 is 0.